The third-order valence-electron chi connectivity index (χ3n) is 4.98. The van der Waals surface area contributed by atoms with Crippen molar-refractivity contribution in [3.8, 4) is 0 Å². The Morgan fingerprint density at radius 1 is 1.17 bits per heavy atom. The molecule has 0 bridgehead atoms. The maximum atomic E-state index is 12.2. The third kappa shape index (κ3) is 4.43. The maximum Gasteiger partial charge on any atom is 0.253 e. The van der Waals surface area contributed by atoms with Crippen molar-refractivity contribution in [2.75, 3.05) is 13.1 Å². The van der Waals surface area contributed by atoms with Crippen LogP contribution in [0, 0.1) is 5.92 Å². The van der Waals surface area contributed by atoms with Crippen LogP contribution in [0.25, 0.3) is 0 Å². The molecule has 3 rings (SSSR count). The summed E-state index contributed by atoms with van der Waals surface area (Å²) in [7, 11) is 0. The summed E-state index contributed by atoms with van der Waals surface area (Å²) in [5.74, 6) is 0.609. The van der Waals surface area contributed by atoms with Crippen LogP contribution in [-0.4, -0.2) is 40.8 Å². The number of hydrogen-bond donors (Lipinski definition) is 1. The first-order valence-electron chi connectivity index (χ1n) is 8.90. The Kier molecular flexibility index (Phi) is 5.62. The Bertz CT molecular complexity index is 586. The van der Waals surface area contributed by atoms with E-state index >= 15 is 0 Å². The molecule has 1 aliphatic carbocycles. The van der Waals surface area contributed by atoms with Gasteiger partial charge in [0.15, 0.2) is 0 Å². The highest BCUT2D eigenvalue weighted by Gasteiger charge is 2.23. The second kappa shape index (κ2) is 8.08. The van der Waals surface area contributed by atoms with Gasteiger partial charge in [0.2, 0.25) is 5.91 Å². The lowest BCUT2D eigenvalue weighted by Gasteiger charge is -2.31. The Morgan fingerprint density at radius 3 is 2.58 bits per heavy atom. The van der Waals surface area contributed by atoms with E-state index in [9.17, 15) is 9.59 Å². The summed E-state index contributed by atoms with van der Waals surface area (Å²) >= 11 is 0. The minimum absolute atomic E-state index is 0.0889. The van der Waals surface area contributed by atoms with E-state index in [0.717, 1.165) is 12.8 Å². The number of carbonyl (C=O) groups is 2. The minimum atomic E-state index is -0.0889. The summed E-state index contributed by atoms with van der Waals surface area (Å²) in [4.78, 5) is 30.2. The smallest absolute Gasteiger partial charge is 0.253 e. The lowest BCUT2D eigenvalue weighted by atomic mass is 10.0. The molecule has 1 aliphatic heterocycles. The molecule has 0 atom stereocenters. The van der Waals surface area contributed by atoms with Crippen molar-refractivity contribution in [1.82, 2.24) is 15.2 Å². The van der Waals surface area contributed by atoms with Gasteiger partial charge >= 0.3 is 0 Å². The number of aromatic nitrogens is 1. The summed E-state index contributed by atoms with van der Waals surface area (Å²) in [6.07, 6.45) is 13.7. The zero-order valence-corrected chi connectivity index (χ0v) is 14.0. The van der Waals surface area contributed by atoms with E-state index in [2.05, 4.69) is 16.4 Å². The molecule has 1 aromatic rings. The second-order valence-corrected chi connectivity index (χ2v) is 6.72. The van der Waals surface area contributed by atoms with Crippen molar-refractivity contribution in [3.63, 3.8) is 0 Å². The van der Waals surface area contributed by atoms with Crippen LogP contribution in [0.15, 0.2) is 36.7 Å². The fraction of sp³-hybridized carbons (Fsp3) is 0.526. The molecule has 5 heteroatoms. The molecule has 5 nitrogen and oxygen atoms in total. The number of allylic oxidation sites excluding steroid dienone is 1. The number of amides is 2. The lowest BCUT2D eigenvalue weighted by Crippen LogP contribution is -2.46. The fourth-order valence-electron chi connectivity index (χ4n) is 3.48. The van der Waals surface area contributed by atoms with Crippen LogP contribution in [0.1, 0.15) is 48.9 Å². The molecule has 2 amide bonds. The summed E-state index contributed by atoms with van der Waals surface area (Å²) < 4.78 is 0. The molecule has 0 unspecified atom stereocenters. The fourth-order valence-corrected chi connectivity index (χ4v) is 3.48. The predicted molar refractivity (Wildman–Crippen MR) is 92.4 cm³/mol. The molecular formula is C19H25N3O2. The van der Waals surface area contributed by atoms with Crippen LogP contribution in [-0.2, 0) is 4.79 Å². The normalized spacial score (nSPS) is 19.8. The van der Waals surface area contributed by atoms with Crippen LogP contribution >= 0.6 is 0 Å². The molecule has 2 fully saturated rings. The van der Waals surface area contributed by atoms with E-state index in [-0.39, 0.29) is 17.9 Å². The van der Waals surface area contributed by atoms with Crippen LogP contribution in [0.5, 0.6) is 0 Å². The van der Waals surface area contributed by atoms with Gasteiger partial charge in [0.25, 0.3) is 5.91 Å². The number of nitrogens with zero attached hydrogens (tertiary/aromatic N) is 2. The van der Waals surface area contributed by atoms with Crippen LogP contribution in [0.3, 0.4) is 0 Å². The van der Waals surface area contributed by atoms with E-state index in [0.29, 0.717) is 24.6 Å². The van der Waals surface area contributed by atoms with Gasteiger partial charge in [0.1, 0.15) is 0 Å². The van der Waals surface area contributed by atoms with Crippen molar-refractivity contribution < 1.29 is 9.59 Å². The molecule has 128 valence electrons. The quantitative estimate of drug-likeness (QED) is 0.865. The van der Waals surface area contributed by atoms with Gasteiger partial charge in [-0.3, -0.25) is 14.6 Å². The van der Waals surface area contributed by atoms with Crippen molar-refractivity contribution >= 4 is 11.8 Å². The van der Waals surface area contributed by atoms with Crippen LogP contribution < -0.4 is 5.32 Å². The number of likely N-dealkylation sites (tertiary alicyclic amines) is 1. The van der Waals surface area contributed by atoms with Crippen LogP contribution in [0.4, 0.5) is 0 Å². The minimum Gasteiger partial charge on any atom is -0.349 e. The average Bonchev–Trinajstić information content (AvgIpc) is 3.14. The molecule has 1 aromatic heterocycles. The number of pyridine rings is 1. The summed E-state index contributed by atoms with van der Waals surface area (Å²) in [5.41, 5.74) is 0.579. The highest BCUT2D eigenvalue weighted by Crippen LogP contribution is 2.25. The predicted octanol–water partition coefficient (Wildman–Crippen LogP) is 2.55. The van der Waals surface area contributed by atoms with Gasteiger partial charge in [0.05, 0.1) is 5.56 Å². The number of rotatable bonds is 4. The first kappa shape index (κ1) is 16.7. The summed E-state index contributed by atoms with van der Waals surface area (Å²) in [5, 5.41) is 3.04. The van der Waals surface area contributed by atoms with Gasteiger partial charge < -0.3 is 10.2 Å². The first-order chi connectivity index (χ1) is 11.7. The number of piperidine rings is 1. The van der Waals surface area contributed by atoms with E-state index in [1.54, 1.807) is 30.6 Å². The largest absolute Gasteiger partial charge is 0.349 e. The Morgan fingerprint density at radius 2 is 1.92 bits per heavy atom. The SMILES string of the molecule is O=C(NC1CCN(C(=O)/C=C/C2CCCC2)CC1)c1cccnc1. The van der Waals surface area contributed by atoms with Gasteiger partial charge in [0, 0.05) is 31.5 Å². The second-order valence-electron chi connectivity index (χ2n) is 6.72. The van der Waals surface area contributed by atoms with Gasteiger partial charge in [-0.05, 0) is 49.8 Å². The maximum absolute atomic E-state index is 12.2. The van der Waals surface area contributed by atoms with Crippen molar-refractivity contribution in [3.05, 3.63) is 42.2 Å². The monoisotopic (exact) mass is 327 g/mol. The molecular weight excluding hydrogens is 302 g/mol. The molecule has 0 aromatic carbocycles. The molecule has 24 heavy (non-hydrogen) atoms. The number of carbonyl (C=O) groups excluding carboxylic acids is 2. The summed E-state index contributed by atoms with van der Waals surface area (Å²) in [6, 6.07) is 3.64. The van der Waals surface area contributed by atoms with E-state index in [1.807, 2.05) is 4.90 Å². The lowest BCUT2D eigenvalue weighted by molar-refractivity contribution is -0.127. The Hall–Kier alpha value is -2.17. The van der Waals surface area contributed by atoms with Crippen molar-refractivity contribution in [1.29, 1.82) is 0 Å². The number of nitrogens with one attached hydrogen (secondary N) is 1. The van der Waals surface area contributed by atoms with Gasteiger partial charge in [-0.25, -0.2) is 0 Å². The van der Waals surface area contributed by atoms with E-state index in [4.69, 9.17) is 0 Å². The van der Waals surface area contributed by atoms with Gasteiger partial charge in [-0.2, -0.15) is 0 Å². The molecule has 2 heterocycles. The first-order valence-corrected chi connectivity index (χ1v) is 8.90. The molecule has 1 saturated carbocycles. The Balaban J connectivity index is 1.43. The van der Waals surface area contributed by atoms with E-state index in [1.165, 1.54) is 25.7 Å². The van der Waals surface area contributed by atoms with Gasteiger partial charge in [-0.15, -0.1) is 0 Å². The third-order valence-corrected chi connectivity index (χ3v) is 4.98. The highest BCUT2D eigenvalue weighted by molar-refractivity contribution is 5.94. The van der Waals surface area contributed by atoms with Crippen LogP contribution in [0.2, 0.25) is 0 Å². The molecule has 2 aliphatic rings. The van der Waals surface area contributed by atoms with Crippen molar-refractivity contribution in [2.45, 2.75) is 44.6 Å². The molecule has 0 radical (unpaired) electrons. The highest BCUT2D eigenvalue weighted by atomic mass is 16.2. The zero-order valence-electron chi connectivity index (χ0n) is 14.0. The molecule has 1 N–H and O–H groups in total. The van der Waals surface area contributed by atoms with Gasteiger partial charge in [-0.1, -0.05) is 18.9 Å². The average molecular weight is 327 g/mol. The van der Waals surface area contributed by atoms with E-state index < -0.39 is 0 Å². The van der Waals surface area contributed by atoms with Crippen molar-refractivity contribution in [2.24, 2.45) is 5.92 Å². The topological polar surface area (TPSA) is 62.3 Å². The number of hydrogen-bond acceptors (Lipinski definition) is 3. The molecule has 1 saturated heterocycles. The molecule has 0 spiro atoms. The zero-order chi connectivity index (χ0) is 16.8. The Labute approximate surface area is 143 Å². The summed E-state index contributed by atoms with van der Waals surface area (Å²) in [6.45, 7) is 1.40. The standard InChI is InChI=1S/C19H25N3O2/c23-18(8-7-15-4-1-2-5-15)22-12-9-17(10-13-22)21-19(24)16-6-3-11-20-14-16/h3,6-8,11,14-15,17H,1-2,4-5,9-10,12-13H2,(H,21,24)/b8-7+.